The van der Waals surface area contributed by atoms with Gasteiger partial charge in [-0.3, -0.25) is 0 Å². The van der Waals surface area contributed by atoms with Gasteiger partial charge in [-0.15, -0.1) is 0 Å². The van der Waals surface area contributed by atoms with Crippen molar-refractivity contribution in [3.63, 3.8) is 0 Å². The molecule has 1 fully saturated rings. The highest BCUT2D eigenvalue weighted by Crippen LogP contribution is 2.51. The lowest BCUT2D eigenvalue weighted by Crippen LogP contribution is -2.18. The third kappa shape index (κ3) is 1.68. The monoisotopic (exact) mass is 225 g/mol. The van der Waals surface area contributed by atoms with Crippen molar-refractivity contribution in [1.29, 1.82) is 0 Å². The molecule has 5 heteroatoms. The lowest BCUT2D eigenvalue weighted by Gasteiger charge is -2.16. The maximum absolute atomic E-state index is 9.57. The summed E-state index contributed by atoms with van der Waals surface area (Å²) in [6.07, 6.45) is 1.91. The van der Waals surface area contributed by atoms with Crippen LogP contribution in [0.15, 0.2) is 12.1 Å². The number of rotatable bonds is 4. The fraction of sp³-hybridized carbons (Fsp3) is 0.455. The molecule has 1 saturated carbocycles. The van der Waals surface area contributed by atoms with Crippen molar-refractivity contribution in [3.8, 4) is 17.2 Å². The molecule has 2 rings (SSSR count). The predicted octanol–water partition coefficient (Wildman–Crippen LogP) is 1.03. The summed E-state index contributed by atoms with van der Waals surface area (Å²) in [5.41, 5.74) is 0.748. The molecule has 16 heavy (non-hydrogen) atoms. The standard InChI is InChI=1S/C11H15NO4/c1-15-9-5-7(4-8(13)10(9)14)11(2-3-11)6-16-12/h4-5,13-14H,2-3,6,12H2,1H3. The minimum atomic E-state index is -0.240. The highest BCUT2D eigenvalue weighted by molar-refractivity contribution is 5.54. The Kier molecular flexibility index (Phi) is 2.65. The number of aromatic hydroxyl groups is 2. The molecule has 0 amide bonds. The van der Waals surface area contributed by atoms with Crippen molar-refractivity contribution in [2.24, 2.45) is 5.90 Å². The van der Waals surface area contributed by atoms with Crippen molar-refractivity contribution in [2.75, 3.05) is 13.7 Å². The highest BCUT2D eigenvalue weighted by atomic mass is 16.6. The summed E-state index contributed by atoms with van der Waals surface area (Å²) in [5.74, 6) is 4.93. The Labute approximate surface area is 93.4 Å². The van der Waals surface area contributed by atoms with Crippen LogP contribution in [0.3, 0.4) is 0 Å². The fourth-order valence-corrected chi connectivity index (χ4v) is 1.88. The van der Waals surface area contributed by atoms with Crippen LogP contribution >= 0.6 is 0 Å². The Morgan fingerprint density at radius 1 is 1.38 bits per heavy atom. The number of hydrogen-bond donors (Lipinski definition) is 3. The molecule has 1 aliphatic rings. The first-order valence-corrected chi connectivity index (χ1v) is 5.05. The largest absolute Gasteiger partial charge is 0.504 e. The van der Waals surface area contributed by atoms with Crippen molar-refractivity contribution in [3.05, 3.63) is 17.7 Å². The van der Waals surface area contributed by atoms with Crippen LogP contribution in [0.1, 0.15) is 18.4 Å². The number of phenolic OH excluding ortho intramolecular Hbond substituents is 2. The number of ether oxygens (including phenoxy) is 1. The predicted molar refractivity (Wildman–Crippen MR) is 57.4 cm³/mol. The average molecular weight is 225 g/mol. The summed E-state index contributed by atoms with van der Waals surface area (Å²) >= 11 is 0. The van der Waals surface area contributed by atoms with E-state index in [1.165, 1.54) is 13.2 Å². The molecule has 0 aromatic heterocycles. The zero-order valence-electron chi connectivity index (χ0n) is 9.06. The van der Waals surface area contributed by atoms with Gasteiger partial charge in [0.25, 0.3) is 0 Å². The molecule has 0 atom stereocenters. The van der Waals surface area contributed by atoms with Crippen molar-refractivity contribution >= 4 is 0 Å². The molecule has 4 N–H and O–H groups in total. The van der Waals surface area contributed by atoms with Crippen molar-refractivity contribution < 1.29 is 19.8 Å². The van der Waals surface area contributed by atoms with Crippen molar-refractivity contribution in [1.82, 2.24) is 0 Å². The van der Waals surface area contributed by atoms with Gasteiger partial charge in [-0.2, -0.15) is 0 Å². The zero-order valence-corrected chi connectivity index (χ0v) is 9.06. The topological polar surface area (TPSA) is 84.9 Å². The second-order valence-corrected chi connectivity index (χ2v) is 4.14. The Bertz CT molecular complexity index is 401. The second-order valence-electron chi connectivity index (χ2n) is 4.14. The van der Waals surface area contributed by atoms with Gasteiger partial charge in [-0.25, -0.2) is 5.90 Å². The van der Waals surface area contributed by atoms with Crippen LogP contribution in [-0.2, 0) is 10.3 Å². The number of nitrogens with two attached hydrogens (primary N) is 1. The Morgan fingerprint density at radius 3 is 2.56 bits per heavy atom. The van der Waals surface area contributed by atoms with E-state index in [-0.39, 0.29) is 22.7 Å². The van der Waals surface area contributed by atoms with E-state index in [2.05, 4.69) is 4.84 Å². The van der Waals surface area contributed by atoms with Crippen LogP contribution in [0.4, 0.5) is 0 Å². The van der Waals surface area contributed by atoms with Crippen LogP contribution in [0.25, 0.3) is 0 Å². The Balaban J connectivity index is 2.39. The first-order valence-electron chi connectivity index (χ1n) is 5.05. The third-order valence-electron chi connectivity index (χ3n) is 3.10. The van der Waals surface area contributed by atoms with Gasteiger partial charge in [0.2, 0.25) is 5.75 Å². The van der Waals surface area contributed by atoms with E-state index in [1.54, 1.807) is 6.07 Å². The molecule has 0 spiro atoms. The maximum atomic E-state index is 9.57. The van der Waals surface area contributed by atoms with Gasteiger partial charge in [-0.05, 0) is 30.5 Å². The summed E-state index contributed by atoms with van der Waals surface area (Å²) in [5, 5.41) is 19.1. The molecule has 0 unspecified atom stereocenters. The van der Waals surface area contributed by atoms with Crippen LogP contribution in [0.2, 0.25) is 0 Å². The maximum Gasteiger partial charge on any atom is 0.200 e. The Morgan fingerprint density at radius 2 is 2.06 bits per heavy atom. The molecule has 1 aromatic rings. The highest BCUT2D eigenvalue weighted by Gasteiger charge is 2.45. The molecule has 0 radical (unpaired) electrons. The SMILES string of the molecule is COc1cc(C2(CON)CC2)cc(O)c1O. The smallest absolute Gasteiger partial charge is 0.200 e. The minimum Gasteiger partial charge on any atom is -0.504 e. The molecule has 1 aromatic carbocycles. The number of benzene rings is 1. The first-order chi connectivity index (χ1) is 7.63. The molecule has 0 saturated heterocycles. The van der Waals surface area contributed by atoms with Gasteiger partial charge in [0, 0.05) is 5.41 Å². The number of phenols is 2. The van der Waals surface area contributed by atoms with Crippen LogP contribution in [-0.4, -0.2) is 23.9 Å². The lowest BCUT2D eigenvalue weighted by atomic mass is 9.96. The average Bonchev–Trinajstić information content (AvgIpc) is 3.03. The number of hydrogen-bond acceptors (Lipinski definition) is 5. The van der Waals surface area contributed by atoms with Crippen LogP contribution in [0, 0.1) is 0 Å². The van der Waals surface area contributed by atoms with E-state index in [1.807, 2.05) is 0 Å². The van der Waals surface area contributed by atoms with Gasteiger partial charge in [-0.1, -0.05) is 0 Å². The van der Waals surface area contributed by atoms with Gasteiger partial charge in [0.05, 0.1) is 13.7 Å². The third-order valence-corrected chi connectivity index (χ3v) is 3.10. The quantitative estimate of drug-likeness (QED) is 0.526. The van der Waals surface area contributed by atoms with Crippen LogP contribution in [0.5, 0.6) is 17.2 Å². The van der Waals surface area contributed by atoms with E-state index in [0.717, 1.165) is 18.4 Å². The van der Waals surface area contributed by atoms with Crippen LogP contribution < -0.4 is 10.6 Å². The molecular weight excluding hydrogens is 210 g/mol. The molecule has 0 heterocycles. The molecule has 0 aliphatic heterocycles. The number of methoxy groups -OCH3 is 1. The fourth-order valence-electron chi connectivity index (χ4n) is 1.88. The summed E-state index contributed by atoms with van der Waals surface area (Å²) in [6.45, 7) is 0.403. The molecule has 88 valence electrons. The molecule has 1 aliphatic carbocycles. The van der Waals surface area contributed by atoms with Gasteiger partial charge >= 0.3 is 0 Å². The van der Waals surface area contributed by atoms with Gasteiger partial charge in [0.15, 0.2) is 11.5 Å². The van der Waals surface area contributed by atoms with E-state index in [4.69, 9.17) is 10.6 Å². The lowest BCUT2D eigenvalue weighted by molar-refractivity contribution is 0.116. The van der Waals surface area contributed by atoms with Gasteiger partial charge < -0.3 is 19.8 Å². The molecular formula is C11H15NO4. The summed E-state index contributed by atoms with van der Waals surface area (Å²) in [6, 6.07) is 3.24. The summed E-state index contributed by atoms with van der Waals surface area (Å²) < 4.78 is 4.99. The van der Waals surface area contributed by atoms with E-state index in [9.17, 15) is 10.2 Å². The first kappa shape index (κ1) is 11.0. The van der Waals surface area contributed by atoms with E-state index in [0.29, 0.717) is 6.61 Å². The van der Waals surface area contributed by atoms with E-state index >= 15 is 0 Å². The zero-order chi connectivity index (χ0) is 11.8. The Hall–Kier alpha value is -1.46. The second kappa shape index (κ2) is 3.84. The molecule has 5 nitrogen and oxygen atoms in total. The summed E-state index contributed by atoms with van der Waals surface area (Å²) in [4.78, 5) is 4.68. The summed E-state index contributed by atoms with van der Waals surface area (Å²) in [7, 11) is 1.44. The van der Waals surface area contributed by atoms with Gasteiger partial charge in [0.1, 0.15) is 0 Å². The van der Waals surface area contributed by atoms with E-state index < -0.39 is 0 Å². The normalized spacial score (nSPS) is 17.1. The molecule has 0 bridgehead atoms. The minimum absolute atomic E-state index is 0.132. The van der Waals surface area contributed by atoms with Crippen molar-refractivity contribution in [2.45, 2.75) is 18.3 Å².